The van der Waals surface area contributed by atoms with E-state index in [0.717, 1.165) is 5.56 Å². The average molecular weight is 301 g/mol. The first-order valence-corrected chi connectivity index (χ1v) is 7.12. The molecule has 2 heterocycles. The van der Waals surface area contributed by atoms with Crippen LogP contribution in [-0.4, -0.2) is 14.7 Å². The summed E-state index contributed by atoms with van der Waals surface area (Å²) in [5.74, 6) is 0.129. The van der Waals surface area contributed by atoms with E-state index < -0.39 is 11.6 Å². The van der Waals surface area contributed by atoms with Crippen LogP contribution in [-0.2, 0) is 0 Å². The molecule has 0 bridgehead atoms. The Morgan fingerprint density at radius 1 is 1.09 bits per heavy atom. The zero-order valence-electron chi connectivity index (χ0n) is 12.0. The second-order valence-corrected chi connectivity index (χ2v) is 5.31. The highest BCUT2D eigenvalue weighted by atomic mass is 16.3. The molecule has 0 saturated heterocycles. The maximum atomic E-state index is 12.2. The minimum absolute atomic E-state index is 0.0432. The molecule has 1 unspecified atom stereocenters. The molecule has 3 aromatic rings. The molecule has 1 atom stereocenters. The van der Waals surface area contributed by atoms with E-state index in [1.165, 1.54) is 0 Å². The van der Waals surface area contributed by atoms with Gasteiger partial charge in [-0.1, -0.05) is 42.5 Å². The summed E-state index contributed by atoms with van der Waals surface area (Å²) in [6.07, 6.45) is 0. The first kappa shape index (κ1) is 13.3. The molecule has 5 heteroatoms. The molecule has 1 N–H and O–H groups in total. The van der Waals surface area contributed by atoms with E-state index in [4.69, 9.17) is 0 Å². The van der Waals surface area contributed by atoms with E-state index in [-0.39, 0.29) is 17.2 Å². The number of allylic oxidation sites excluding steroid dienone is 2. The van der Waals surface area contributed by atoms with Crippen LogP contribution < -0.4 is 5.56 Å². The summed E-state index contributed by atoms with van der Waals surface area (Å²) in [6.45, 7) is 0. The molecule has 0 saturated carbocycles. The first-order valence-electron chi connectivity index (χ1n) is 7.12. The normalized spacial score (nSPS) is 16.4. The second-order valence-electron chi connectivity index (χ2n) is 5.31. The number of fused-ring (bicyclic) bond motifs is 3. The third kappa shape index (κ3) is 1.79. The maximum Gasteiger partial charge on any atom is 0.281 e. The van der Waals surface area contributed by atoms with Gasteiger partial charge in [-0.2, -0.15) is 10.2 Å². The van der Waals surface area contributed by atoms with Crippen molar-refractivity contribution in [2.75, 3.05) is 0 Å². The van der Waals surface area contributed by atoms with Gasteiger partial charge in [-0.3, -0.25) is 4.79 Å². The van der Waals surface area contributed by atoms with Gasteiger partial charge in [0.1, 0.15) is 23.4 Å². The number of aliphatic hydroxyl groups excluding tert-OH is 1. The van der Waals surface area contributed by atoms with Gasteiger partial charge in [-0.25, -0.2) is 0 Å². The van der Waals surface area contributed by atoms with Crippen molar-refractivity contribution in [1.82, 2.24) is 9.55 Å². The summed E-state index contributed by atoms with van der Waals surface area (Å²) in [6, 6.07) is 17.8. The predicted octanol–water partition coefficient (Wildman–Crippen LogP) is 2.79. The first-order chi connectivity index (χ1) is 11.2. The monoisotopic (exact) mass is 301 g/mol. The van der Waals surface area contributed by atoms with Crippen LogP contribution in [0.3, 0.4) is 0 Å². The average Bonchev–Trinajstić information content (AvgIpc) is 2.87. The minimum Gasteiger partial charge on any atom is -0.508 e. The number of hydrogen-bond acceptors (Lipinski definition) is 4. The number of nitriles is 1. The largest absolute Gasteiger partial charge is 0.508 e. The summed E-state index contributed by atoms with van der Waals surface area (Å²) >= 11 is 0. The van der Waals surface area contributed by atoms with Crippen molar-refractivity contribution in [2.45, 2.75) is 6.04 Å². The van der Waals surface area contributed by atoms with Gasteiger partial charge in [0, 0.05) is 0 Å². The number of rotatable bonds is 1. The minimum atomic E-state index is -0.557. The molecule has 4 rings (SSSR count). The Hall–Kier alpha value is -3.39. The topological polar surface area (TPSA) is 78.9 Å². The number of aliphatic hydroxyl groups is 1. The molecule has 0 spiro atoms. The van der Waals surface area contributed by atoms with Gasteiger partial charge >= 0.3 is 0 Å². The number of hydrogen-bond donors (Lipinski definition) is 1. The van der Waals surface area contributed by atoms with Crippen LogP contribution in [0.1, 0.15) is 17.4 Å². The molecule has 0 amide bonds. The van der Waals surface area contributed by atoms with Gasteiger partial charge in [0.15, 0.2) is 5.82 Å². The molecule has 2 aromatic carbocycles. The van der Waals surface area contributed by atoms with Gasteiger partial charge in [0.25, 0.3) is 5.56 Å². The van der Waals surface area contributed by atoms with E-state index in [9.17, 15) is 15.2 Å². The Labute approximate surface area is 131 Å². The Bertz CT molecular complexity index is 1060. The smallest absolute Gasteiger partial charge is 0.281 e. The highest BCUT2D eigenvalue weighted by Crippen LogP contribution is 2.39. The standard InChI is InChI=1S/C18H11N3O2/c19-10-13-16(22)15(11-6-2-1-3-7-11)21-14-9-5-4-8-12(14)18(23)20-17(13)21/h1-9,15,22H. The van der Waals surface area contributed by atoms with Gasteiger partial charge in [-0.05, 0) is 17.7 Å². The molecule has 0 aliphatic carbocycles. The number of benzene rings is 2. The number of nitrogens with zero attached hydrogens (tertiary/aromatic N) is 3. The van der Waals surface area contributed by atoms with Crippen molar-refractivity contribution in [2.24, 2.45) is 0 Å². The van der Waals surface area contributed by atoms with Crippen LogP contribution in [0.2, 0.25) is 0 Å². The Kier molecular flexibility index (Phi) is 2.78. The predicted molar refractivity (Wildman–Crippen MR) is 85.7 cm³/mol. The van der Waals surface area contributed by atoms with Crippen molar-refractivity contribution in [3.05, 3.63) is 82.1 Å². The molecule has 1 aliphatic rings. The second kappa shape index (κ2) is 4.82. The van der Waals surface area contributed by atoms with Crippen molar-refractivity contribution in [1.29, 1.82) is 5.26 Å². The zero-order chi connectivity index (χ0) is 16.0. The van der Waals surface area contributed by atoms with Crippen LogP contribution in [0.25, 0.3) is 16.5 Å². The lowest BCUT2D eigenvalue weighted by atomic mass is 10.0. The van der Waals surface area contributed by atoms with E-state index >= 15 is 0 Å². The fourth-order valence-corrected chi connectivity index (χ4v) is 3.05. The number of aromatic nitrogens is 2. The van der Waals surface area contributed by atoms with Crippen LogP contribution in [0, 0.1) is 11.3 Å². The van der Waals surface area contributed by atoms with Gasteiger partial charge in [-0.15, -0.1) is 0 Å². The summed E-state index contributed by atoms with van der Waals surface area (Å²) < 4.78 is 1.75. The molecule has 1 aliphatic heterocycles. The molecule has 0 fully saturated rings. The lowest BCUT2D eigenvalue weighted by Crippen LogP contribution is -2.18. The fourth-order valence-electron chi connectivity index (χ4n) is 3.05. The quantitative estimate of drug-likeness (QED) is 0.749. The molecule has 0 radical (unpaired) electrons. The summed E-state index contributed by atoms with van der Waals surface area (Å²) in [5, 5.41) is 20.4. The Morgan fingerprint density at radius 3 is 2.52 bits per heavy atom. The zero-order valence-corrected chi connectivity index (χ0v) is 12.0. The SMILES string of the molecule is N#CC1=C(O)C(c2ccccc2)n2c1nc(=O)c1ccccc12. The molecular formula is C18H11N3O2. The third-order valence-corrected chi connectivity index (χ3v) is 4.05. The summed E-state index contributed by atoms with van der Waals surface area (Å²) in [7, 11) is 0. The van der Waals surface area contributed by atoms with Gasteiger partial charge < -0.3 is 9.67 Å². The lowest BCUT2D eigenvalue weighted by Gasteiger charge is -2.18. The highest BCUT2D eigenvalue weighted by Gasteiger charge is 2.34. The summed E-state index contributed by atoms with van der Waals surface area (Å²) in [5.41, 5.74) is 1.11. The Balaban J connectivity index is 2.14. The fraction of sp³-hybridized carbons (Fsp3) is 0.0556. The van der Waals surface area contributed by atoms with Gasteiger partial charge in [0.05, 0.1) is 10.9 Å². The van der Waals surface area contributed by atoms with Gasteiger partial charge in [0.2, 0.25) is 0 Å². The van der Waals surface area contributed by atoms with Crippen LogP contribution in [0.4, 0.5) is 0 Å². The van der Waals surface area contributed by atoms with Crippen molar-refractivity contribution < 1.29 is 5.11 Å². The van der Waals surface area contributed by atoms with Crippen molar-refractivity contribution in [3.8, 4) is 6.07 Å². The van der Waals surface area contributed by atoms with Crippen LogP contribution >= 0.6 is 0 Å². The van der Waals surface area contributed by atoms with Crippen molar-refractivity contribution >= 4 is 16.5 Å². The Morgan fingerprint density at radius 2 is 1.78 bits per heavy atom. The van der Waals surface area contributed by atoms with E-state index in [1.807, 2.05) is 42.5 Å². The van der Waals surface area contributed by atoms with Crippen LogP contribution in [0.15, 0.2) is 65.2 Å². The van der Waals surface area contributed by atoms with Crippen LogP contribution in [0.5, 0.6) is 0 Å². The molecular weight excluding hydrogens is 290 g/mol. The lowest BCUT2D eigenvalue weighted by molar-refractivity contribution is 0.365. The van der Waals surface area contributed by atoms with E-state index in [0.29, 0.717) is 10.9 Å². The van der Waals surface area contributed by atoms with E-state index in [1.54, 1.807) is 22.8 Å². The van der Waals surface area contributed by atoms with Crippen molar-refractivity contribution in [3.63, 3.8) is 0 Å². The molecule has 23 heavy (non-hydrogen) atoms. The molecule has 110 valence electrons. The number of para-hydroxylation sites is 1. The summed E-state index contributed by atoms with van der Waals surface area (Å²) in [4.78, 5) is 16.2. The highest BCUT2D eigenvalue weighted by molar-refractivity contribution is 5.86. The van der Waals surface area contributed by atoms with E-state index in [2.05, 4.69) is 4.98 Å². The maximum absolute atomic E-state index is 12.2. The molecule has 1 aromatic heterocycles. The third-order valence-electron chi connectivity index (χ3n) is 4.05. The molecule has 5 nitrogen and oxygen atoms in total.